The third-order valence-electron chi connectivity index (χ3n) is 6.31. The van der Waals surface area contributed by atoms with Crippen molar-refractivity contribution >= 4 is 22.4 Å². The number of aliphatic hydroxyl groups excluding tert-OH is 1. The number of Topliss-reactive ketones (excluding diaryl/α,β-unsaturated/α-hetero) is 1. The van der Waals surface area contributed by atoms with E-state index in [1.54, 1.807) is 0 Å². The molecule has 3 atom stereocenters. The van der Waals surface area contributed by atoms with Gasteiger partial charge < -0.3 is 14.0 Å². The summed E-state index contributed by atoms with van der Waals surface area (Å²) in [7, 11) is -3.89. The summed E-state index contributed by atoms with van der Waals surface area (Å²) in [6.07, 6.45) is 2.67. The summed E-state index contributed by atoms with van der Waals surface area (Å²) in [6, 6.07) is 0. The molecule has 2 aliphatic rings. The second-order valence-electron chi connectivity index (χ2n) is 10.7. The van der Waals surface area contributed by atoms with Crippen molar-refractivity contribution in [2.24, 2.45) is 5.92 Å². The number of ketones is 1. The summed E-state index contributed by atoms with van der Waals surface area (Å²) in [5.41, 5.74) is 0.915. The zero-order valence-electron chi connectivity index (χ0n) is 18.4. The molecule has 0 saturated heterocycles. The Bertz CT molecular complexity index is 640. The molecule has 2 aliphatic carbocycles. The molecule has 1 saturated carbocycles. The summed E-state index contributed by atoms with van der Waals surface area (Å²) in [5, 5.41) is 11.1. The van der Waals surface area contributed by atoms with Gasteiger partial charge in [-0.3, -0.25) is 4.79 Å². The predicted octanol–water partition coefficient (Wildman–Crippen LogP) is 4.82. The first-order chi connectivity index (χ1) is 12.1. The Labute approximate surface area is 167 Å². The monoisotopic (exact) mass is 410 g/mol. The second-order valence-corrected chi connectivity index (χ2v) is 20.0. The van der Waals surface area contributed by atoms with Crippen molar-refractivity contribution in [2.75, 3.05) is 6.61 Å². The third kappa shape index (κ3) is 4.73. The van der Waals surface area contributed by atoms with Crippen molar-refractivity contribution in [1.29, 1.82) is 0 Å². The molecule has 0 amide bonds. The average molecular weight is 411 g/mol. The Morgan fingerprint density at radius 3 is 2.37 bits per heavy atom. The molecule has 4 nitrogen and oxygen atoms in total. The molecular weight excluding hydrogens is 372 g/mol. The number of hydrogen-bond donors (Lipinski definition) is 1. The van der Waals surface area contributed by atoms with Gasteiger partial charge in [0.1, 0.15) is 11.9 Å². The van der Waals surface area contributed by atoms with E-state index in [-0.39, 0.29) is 16.7 Å². The first kappa shape index (κ1) is 22.7. The fourth-order valence-electron chi connectivity index (χ4n) is 3.84. The molecule has 154 valence electrons. The Hall–Kier alpha value is -0.536. The summed E-state index contributed by atoms with van der Waals surface area (Å²) in [4.78, 5) is 12.9. The summed E-state index contributed by atoms with van der Waals surface area (Å²) < 4.78 is 13.0. The van der Waals surface area contributed by atoms with E-state index in [0.29, 0.717) is 25.9 Å². The third-order valence-corrected chi connectivity index (χ3v) is 11.8. The van der Waals surface area contributed by atoms with Crippen molar-refractivity contribution < 1.29 is 18.8 Å². The molecular formula is C21H38O4Si2. The largest absolute Gasteiger partial charge is 0.413 e. The number of carbonyl (C=O) groups is 1. The van der Waals surface area contributed by atoms with Gasteiger partial charge in [-0.05, 0) is 55.3 Å². The van der Waals surface area contributed by atoms with Crippen molar-refractivity contribution in [3.63, 3.8) is 0 Å². The van der Waals surface area contributed by atoms with Crippen LogP contribution in [-0.2, 0) is 13.6 Å². The van der Waals surface area contributed by atoms with Gasteiger partial charge >= 0.3 is 0 Å². The molecule has 1 N–H and O–H groups in total. The SMILES string of the molecule is C=C1C[C@H]2C(=O)CC=C(CO[Si](C)(C)C(C)(C)C)C[C@]2(O[Si](C)(C)C)[C@@H]1O. The molecule has 0 bridgehead atoms. The first-order valence-electron chi connectivity index (χ1n) is 9.99. The highest BCUT2D eigenvalue weighted by molar-refractivity contribution is 6.74. The maximum absolute atomic E-state index is 12.9. The molecule has 0 heterocycles. The van der Waals surface area contributed by atoms with Gasteiger partial charge in [-0.15, -0.1) is 0 Å². The van der Waals surface area contributed by atoms with Crippen LogP contribution in [0.5, 0.6) is 0 Å². The van der Waals surface area contributed by atoms with Gasteiger partial charge in [-0.1, -0.05) is 33.4 Å². The lowest BCUT2D eigenvalue weighted by Crippen LogP contribution is -2.54. The van der Waals surface area contributed by atoms with Crippen LogP contribution in [0.15, 0.2) is 23.8 Å². The number of rotatable bonds is 5. The lowest BCUT2D eigenvalue weighted by molar-refractivity contribution is -0.132. The molecule has 0 aromatic carbocycles. The topological polar surface area (TPSA) is 55.8 Å². The van der Waals surface area contributed by atoms with Crippen LogP contribution in [0.4, 0.5) is 0 Å². The van der Waals surface area contributed by atoms with Crippen LogP contribution in [-0.4, -0.2) is 45.8 Å². The van der Waals surface area contributed by atoms with Crippen LogP contribution in [0.1, 0.15) is 40.0 Å². The van der Waals surface area contributed by atoms with Crippen molar-refractivity contribution in [2.45, 2.75) is 89.5 Å². The average Bonchev–Trinajstić information content (AvgIpc) is 2.63. The smallest absolute Gasteiger partial charge is 0.192 e. The normalized spacial score (nSPS) is 30.2. The van der Waals surface area contributed by atoms with E-state index in [4.69, 9.17) is 8.85 Å². The van der Waals surface area contributed by atoms with Crippen LogP contribution in [0, 0.1) is 5.92 Å². The molecule has 0 aliphatic heterocycles. The lowest BCUT2D eigenvalue weighted by atomic mass is 9.83. The first-order valence-corrected chi connectivity index (χ1v) is 16.3. The molecule has 0 unspecified atom stereocenters. The van der Waals surface area contributed by atoms with Gasteiger partial charge in [0, 0.05) is 12.8 Å². The highest BCUT2D eigenvalue weighted by Gasteiger charge is 2.57. The zero-order valence-corrected chi connectivity index (χ0v) is 20.4. The summed E-state index contributed by atoms with van der Waals surface area (Å²) >= 11 is 0. The molecule has 1 fully saturated rings. The maximum atomic E-state index is 12.9. The zero-order chi connectivity index (χ0) is 20.8. The van der Waals surface area contributed by atoms with E-state index >= 15 is 0 Å². The molecule has 0 aromatic heterocycles. The fourth-order valence-corrected chi connectivity index (χ4v) is 6.28. The molecule has 0 radical (unpaired) electrons. The van der Waals surface area contributed by atoms with Crippen LogP contribution >= 0.6 is 0 Å². The fraction of sp³-hybridized carbons (Fsp3) is 0.762. The minimum atomic E-state index is -1.99. The number of allylic oxidation sites excluding steroid dienone is 1. The molecule has 6 heteroatoms. The Balaban J connectivity index is 2.33. The Morgan fingerprint density at radius 2 is 1.85 bits per heavy atom. The van der Waals surface area contributed by atoms with Crippen molar-refractivity contribution in [3.8, 4) is 0 Å². The van der Waals surface area contributed by atoms with Crippen LogP contribution < -0.4 is 0 Å². The maximum Gasteiger partial charge on any atom is 0.192 e. The number of hydrogen-bond acceptors (Lipinski definition) is 4. The number of carbonyl (C=O) groups excluding carboxylic acids is 1. The minimum Gasteiger partial charge on any atom is -0.413 e. The van der Waals surface area contributed by atoms with E-state index in [2.05, 4.69) is 60.1 Å². The van der Waals surface area contributed by atoms with Gasteiger partial charge in [0.2, 0.25) is 0 Å². The van der Waals surface area contributed by atoms with Crippen LogP contribution in [0.2, 0.25) is 37.8 Å². The highest BCUT2D eigenvalue weighted by atomic mass is 28.4. The summed E-state index contributed by atoms with van der Waals surface area (Å²) in [6.45, 7) is 22.0. The quantitative estimate of drug-likeness (QED) is 0.521. The molecule has 0 spiro atoms. The van der Waals surface area contributed by atoms with E-state index in [1.165, 1.54) is 0 Å². The standard InChI is InChI=1S/C21H38O4Si2/c1-15-12-17-18(22)11-10-16(14-24-27(8,9)20(2,3)4)13-21(17,19(15)23)25-26(5,6)7/h10,17,19,23H,1,11-14H2,2-9H3/t17-,19+,21+/m0/s1. The summed E-state index contributed by atoms with van der Waals surface area (Å²) in [5.74, 6) is -0.165. The van der Waals surface area contributed by atoms with Gasteiger partial charge in [-0.25, -0.2) is 0 Å². The lowest BCUT2D eigenvalue weighted by Gasteiger charge is -2.42. The van der Waals surface area contributed by atoms with Gasteiger partial charge in [0.25, 0.3) is 0 Å². The minimum absolute atomic E-state index is 0.129. The Morgan fingerprint density at radius 1 is 1.26 bits per heavy atom. The van der Waals surface area contributed by atoms with E-state index < -0.39 is 28.3 Å². The van der Waals surface area contributed by atoms with E-state index in [0.717, 1.165) is 11.1 Å². The molecule has 0 aromatic rings. The van der Waals surface area contributed by atoms with Crippen molar-refractivity contribution in [3.05, 3.63) is 23.8 Å². The number of fused-ring (bicyclic) bond motifs is 1. The van der Waals surface area contributed by atoms with E-state index in [1.807, 2.05) is 6.08 Å². The number of aliphatic hydroxyl groups is 1. The second kappa shape index (κ2) is 7.37. The van der Waals surface area contributed by atoms with Gasteiger partial charge in [0.05, 0.1) is 18.1 Å². The van der Waals surface area contributed by atoms with Gasteiger partial charge in [-0.2, -0.15) is 0 Å². The molecule has 2 rings (SSSR count). The predicted molar refractivity (Wildman–Crippen MR) is 116 cm³/mol. The van der Waals surface area contributed by atoms with Gasteiger partial charge in [0.15, 0.2) is 16.6 Å². The molecule has 27 heavy (non-hydrogen) atoms. The van der Waals surface area contributed by atoms with Crippen molar-refractivity contribution in [1.82, 2.24) is 0 Å². The van der Waals surface area contributed by atoms with Crippen LogP contribution in [0.25, 0.3) is 0 Å². The Kier molecular flexibility index (Phi) is 6.21. The van der Waals surface area contributed by atoms with E-state index in [9.17, 15) is 9.90 Å². The van der Waals surface area contributed by atoms with Crippen LogP contribution in [0.3, 0.4) is 0 Å². The highest BCUT2D eigenvalue weighted by Crippen LogP contribution is 2.49.